The van der Waals surface area contributed by atoms with E-state index in [1.807, 2.05) is 6.08 Å². The summed E-state index contributed by atoms with van der Waals surface area (Å²) in [5, 5.41) is 55.8. The van der Waals surface area contributed by atoms with Crippen LogP contribution in [-0.4, -0.2) is 145 Å². The molecule has 2 saturated heterocycles. The number of aliphatic hydroxyl groups is 4. The van der Waals surface area contributed by atoms with E-state index in [2.05, 4.69) is 21.3 Å². The zero-order valence-corrected chi connectivity index (χ0v) is 25.4. The van der Waals surface area contributed by atoms with Gasteiger partial charge >= 0.3 is 0 Å². The maximum atomic E-state index is 13.0. The molecule has 0 aromatic heterocycles. The predicted octanol–water partition coefficient (Wildman–Crippen LogP) is -4.99. The fourth-order valence-corrected chi connectivity index (χ4v) is 6.70. The molecule has 4 fully saturated rings. The molecule has 0 unspecified atom stereocenters. The van der Waals surface area contributed by atoms with Crippen LogP contribution in [0.4, 0.5) is 0 Å². The number of ether oxygens (including phenoxy) is 4. The Labute approximate surface area is 257 Å². The van der Waals surface area contributed by atoms with Crippen molar-refractivity contribution in [2.24, 2.45) is 23.1 Å². The topological polar surface area (TPSA) is 261 Å². The molecule has 5 rings (SSSR count). The number of amides is 1. The summed E-state index contributed by atoms with van der Waals surface area (Å²) in [6.07, 6.45) is -2.62. The number of nitrogens with two attached hydrogens (primary N) is 3. The Morgan fingerprint density at radius 1 is 1.07 bits per heavy atom. The highest BCUT2D eigenvalue weighted by molar-refractivity contribution is 5.87. The van der Waals surface area contributed by atoms with E-state index in [0.29, 0.717) is 24.6 Å². The van der Waals surface area contributed by atoms with Gasteiger partial charge in [0, 0.05) is 25.2 Å². The van der Waals surface area contributed by atoms with Crippen molar-refractivity contribution in [1.82, 2.24) is 21.3 Å². The van der Waals surface area contributed by atoms with E-state index in [0.717, 1.165) is 19.4 Å². The second-order valence-corrected chi connectivity index (χ2v) is 13.4. The molecule has 3 heterocycles. The first-order chi connectivity index (χ1) is 20.8. The third kappa shape index (κ3) is 7.22. The molecule has 0 bridgehead atoms. The van der Waals surface area contributed by atoms with Crippen molar-refractivity contribution in [2.45, 2.75) is 111 Å². The van der Waals surface area contributed by atoms with E-state index in [1.165, 1.54) is 6.92 Å². The van der Waals surface area contributed by atoms with Crippen molar-refractivity contribution >= 4 is 5.91 Å². The van der Waals surface area contributed by atoms with Crippen molar-refractivity contribution in [1.29, 1.82) is 0 Å². The first-order valence-electron chi connectivity index (χ1n) is 15.6. The van der Waals surface area contributed by atoms with Crippen molar-refractivity contribution in [3.63, 3.8) is 0 Å². The predicted molar refractivity (Wildman–Crippen MR) is 156 cm³/mol. The van der Waals surface area contributed by atoms with E-state index in [9.17, 15) is 25.2 Å². The van der Waals surface area contributed by atoms with Gasteiger partial charge < -0.3 is 77.8 Å². The number of aliphatic hydroxyl groups excluding tert-OH is 2. The molecule has 14 N–H and O–H groups in total. The average molecular weight is 630 g/mol. The lowest BCUT2D eigenvalue weighted by Crippen LogP contribution is -2.72. The first kappa shape index (κ1) is 33.8. The SMILES string of the molecule is CN[C@@H]1[C@@H](O)[C@@H](O[C@@H]2[C@@H](O)[C@H](O[C@H]3OC(CNC[C@H]4C[C@H](N)C4)=CC[C@H]3N)[C@@H](N)C[C@H]2NC(=O)C2(O)CNC2)OC[C@]1(C)O. The molecule has 3 aliphatic heterocycles. The minimum Gasteiger partial charge on any atom is -0.467 e. The molecule has 0 aromatic rings. The third-order valence-electron chi connectivity index (χ3n) is 9.55. The summed E-state index contributed by atoms with van der Waals surface area (Å²) in [6.45, 7) is 2.84. The Morgan fingerprint density at radius 2 is 1.77 bits per heavy atom. The summed E-state index contributed by atoms with van der Waals surface area (Å²) in [5.41, 5.74) is 15.7. The molecule has 0 aromatic carbocycles. The van der Waals surface area contributed by atoms with E-state index in [-0.39, 0.29) is 32.2 Å². The number of carbonyl (C=O) groups is 1. The highest BCUT2D eigenvalue weighted by Gasteiger charge is 2.53. The smallest absolute Gasteiger partial charge is 0.254 e. The molecular weight excluding hydrogens is 578 g/mol. The van der Waals surface area contributed by atoms with Crippen LogP contribution in [0.5, 0.6) is 0 Å². The van der Waals surface area contributed by atoms with Gasteiger partial charge in [-0.05, 0) is 58.2 Å². The van der Waals surface area contributed by atoms with Crippen molar-refractivity contribution in [3.05, 3.63) is 11.8 Å². The zero-order chi connectivity index (χ0) is 31.8. The van der Waals surface area contributed by atoms with Crippen molar-refractivity contribution < 1.29 is 44.2 Å². The van der Waals surface area contributed by atoms with E-state index in [4.69, 9.17) is 36.1 Å². The molecule has 2 aliphatic carbocycles. The van der Waals surface area contributed by atoms with E-state index in [1.54, 1.807) is 7.05 Å². The van der Waals surface area contributed by atoms with Crippen LogP contribution in [0.2, 0.25) is 0 Å². The van der Waals surface area contributed by atoms with Gasteiger partial charge in [0.2, 0.25) is 6.29 Å². The Balaban J connectivity index is 1.27. The standard InChI is InChI=1S/C28H51N7O9/c1-27(39)12-41-25(20(37)23(27)32-2)44-22-18(35-26(38)28(40)10-34-11-28)7-17(31)21(19(22)36)43-24-16(30)4-3-15(42-24)9-33-8-13-5-14(29)6-13/h3,13-14,16-25,32-34,36-37,39-40H,4-12,29-31H2,1-2H3,(H,35,38)/t13-,14-,16-,17+,18-,19+,20-,21-,22+,23-,24-,25-,27+/m1/s1. The highest BCUT2D eigenvalue weighted by atomic mass is 16.7. The molecule has 5 aliphatic rings. The molecule has 0 radical (unpaired) electrons. The third-order valence-corrected chi connectivity index (χ3v) is 9.55. The number of β-amino-alcohol motifs (C(OH)–C–C–N with tert-alkyl or cyclic N) is 1. The fourth-order valence-electron chi connectivity index (χ4n) is 6.70. The number of rotatable bonds is 11. The molecule has 44 heavy (non-hydrogen) atoms. The minimum absolute atomic E-state index is 0.0800. The normalized spacial score (nSPS) is 45.3. The summed E-state index contributed by atoms with van der Waals surface area (Å²) in [6, 6.07) is -2.70. The van der Waals surface area contributed by atoms with Crippen LogP contribution in [0.15, 0.2) is 11.8 Å². The number of hydrogen-bond donors (Lipinski definition) is 11. The van der Waals surface area contributed by atoms with E-state index >= 15 is 0 Å². The molecule has 16 heteroatoms. The van der Waals surface area contributed by atoms with Crippen LogP contribution in [0, 0.1) is 5.92 Å². The lowest BCUT2D eigenvalue weighted by atomic mass is 9.81. The van der Waals surface area contributed by atoms with Gasteiger partial charge in [-0.3, -0.25) is 4.79 Å². The Bertz CT molecular complexity index is 1030. The lowest BCUT2D eigenvalue weighted by molar-refractivity contribution is -0.304. The Hall–Kier alpha value is -1.51. The van der Waals surface area contributed by atoms with Gasteiger partial charge in [-0.15, -0.1) is 0 Å². The summed E-state index contributed by atoms with van der Waals surface area (Å²) < 4.78 is 24.1. The first-order valence-corrected chi connectivity index (χ1v) is 15.6. The van der Waals surface area contributed by atoms with Crippen LogP contribution in [0.1, 0.15) is 32.6 Å². The van der Waals surface area contributed by atoms with Gasteiger partial charge in [-0.25, -0.2) is 0 Å². The van der Waals surface area contributed by atoms with Crippen LogP contribution < -0.4 is 38.5 Å². The monoisotopic (exact) mass is 629 g/mol. The molecule has 0 spiro atoms. The molecular formula is C28H51N7O9. The second kappa shape index (κ2) is 13.7. The zero-order valence-electron chi connectivity index (χ0n) is 25.4. The van der Waals surface area contributed by atoms with Crippen LogP contribution in [0.3, 0.4) is 0 Å². The fraction of sp³-hybridized carbons (Fsp3) is 0.893. The Morgan fingerprint density at radius 3 is 2.41 bits per heavy atom. The average Bonchev–Trinajstić information content (AvgIpc) is 2.93. The molecule has 2 saturated carbocycles. The summed E-state index contributed by atoms with van der Waals surface area (Å²) >= 11 is 0. The van der Waals surface area contributed by atoms with Crippen LogP contribution in [-0.2, 0) is 23.7 Å². The van der Waals surface area contributed by atoms with Gasteiger partial charge in [0.15, 0.2) is 11.9 Å². The van der Waals surface area contributed by atoms with Crippen LogP contribution in [0.25, 0.3) is 0 Å². The summed E-state index contributed by atoms with van der Waals surface area (Å²) in [5.74, 6) is 0.577. The number of carbonyl (C=O) groups excluding carboxylic acids is 1. The maximum absolute atomic E-state index is 13.0. The van der Waals surface area contributed by atoms with Crippen molar-refractivity contribution in [2.75, 3.05) is 39.8 Å². The maximum Gasteiger partial charge on any atom is 0.254 e. The van der Waals surface area contributed by atoms with Crippen molar-refractivity contribution in [3.8, 4) is 0 Å². The molecule has 252 valence electrons. The van der Waals surface area contributed by atoms with E-state index < -0.39 is 78.3 Å². The van der Waals surface area contributed by atoms with Gasteiger partial charge in [0.05, 0.1) is 31.3 Å². The number of nitrogens with one attached hydrogen (secondary N) is 4. The Kier molecular flexibility index (Phi) is 10.5. The summed E-state index contributed by atoms with van der Waals surface area (Å²) in [7, 11) is 1.59. The van der Waals surface area contributed by atoms with Gasteiger partial charge in [0.25, 0.3) is 5.91 Å². The highest BCUT2D eigenvalue weighted by Crippen LogP contribution is 2.32. The summed E-state index contributed by atoms with van der Waals surface area (Å²) in [4.78, 5) is 13.0. The quantitative estimate of drug-likeness (QED) is 0.102. The lowest BCUT2D eigenvalue weighted by Gasteiger charge is -2.49. The molecule has 1 amide bonds. The van der Waals surface area contributed by atoms with Gasteiger partial charge in [-0.2, -0.15) is 0 Å². The number of hydrogen-bond acceptors (Lipinski definition) is 15. The second-order valence-electron chi connectivity index (χ2n) is 13.4. The largest absolute Gasteiger partial charge is 0.467 e. The van der Waals surface area contributed by atoms with Gasteiger partial charge in [0.1, 0.15) is 35.8 Å². The number of likely N-dealkylation sites (N-methyl/N-ethyl adjacent to an activating group) is 1. The van der Waals surface area contributed by atoms with Crippen LogP contribution >= 0.6 is 0 Å². The molecule has 11 atom stereocenters. The van der Waals surface area contributed by atoms with Gasteiger partial charge in [-0.1, -0.05) is 0 Å². The minimum atomic E-state index is -1.60. The molecule has 16 nitrogen and oxygen atoms in total.